The number of hydrogen-bond donors (Lipinski definition) is 1. The number of ether oxygens (including phenoxy) is 2. The van der Waals surface area contributed by atoms with E-state index in [0.29, 0.717) is 5.92 Å². The van der Waals surface area contributed by atoms with Crippen LogP contribution in [0, 0.1) is 5.92 Å². The highest BCUT2D eigenvalue weighted by Gasteiger charge is 2.11. The molecule has 1 unspecified atom stereocenters. The summed E-state index contributed by atoms with van der Waals surface area (Å²) in [7, 11) is 3.28. The third-order valence-corrected chi connectivity index (χ3v) is 2.89. The smallest absolute Gasteiger partial charge is 0.161 e. The Balaban J connectivity index is 2.77. The predicted octanol–water partition coefficient (Wildman–Crippen LogP) is 3.14. The molecule has 0 saturated carbocycles. The lowest BCUT2D eigenvalue weighted by Crippen LogP contribution is -2.11. The maximum absolute atomic E-state index is 6.16. The van der Waals surface area contributed by atoms with Crippen molar-refractivity contribution in [2.45, 2.75) is 32.7 Å². The van der Waals surface area contributed by atoms with Gasteiger partial charge in [0.2, 0.25) is 0 Å². The molecule has 0 aliphatic heterocycles. The molecule has 0 amide bonds. The van der Waals surface area contributed by atoms with Crippen LogP contribution in [-0.4, -0.2) is 14.2 Å². The van der Waals surface area contributed by atoms with Gasteiger partial charge in [0.25, 0.3) is 0 Å². The maximum atomic E-state index is 6.16. The van der Waals surface area contributed by atoms with Gasteiger partial charge in [-0.1, -0.05) is 19.9 Å². The van der Waals surface area contributed by atoms with Crippen molar-refractivity contribution in [3.05, 3.63) is 23.8 Å². The molecule has 0 radical (unpaired) electrons. The summed E-state index contributed by atoms with van der Waals surface area (Å²) in [5, 5.41) is 0. The number of methoxy groups -OCH3 is 2. The van der Waals surface area contributed by atoms with Gasteiger partial charge in [0.1, 0.15) is 0 Å². The molecule has 1 rings (SSSR count). The van der Waals surface area contributed by atoms with Crippen LogP contribution in [0.3, 0.4) is 0 Å². The Bertz CT molecular complexity index is 350. The fourth-order valence-electron chi connectivity index (χ4n) is 1.76. The molecule has 0 spiro atoms. The molecule has 2 N–H and O–H groups in total. The largest absolute Gasteiger partial charge is 0.493 e. The SMILES string of the molecule is COc1ccc(C(N)CCC(C)C)cc1OC. The normalized spacial score (nSPS) is 12.6. The molecule has 3 heteroatoms. The second kappa shape index (κ2) is 6.50. The minimum Gasteiger partial charge on any atom is -0.493 e. The molecular formula is C14H23NO2. The second-order valence-electron chi connectivity index (χ2n) is 4.69. The average molecular weight is 237 g/mol. The molecule has 1 aromatic carbocycles. The first-order valence-electron chi connectivity index (χ1n) is 6.06. The Morgan fingerprint density at radius 3 is 2.24 bits per heavy atom. The zero-order valence-electron chi connectivity index (χ0n) is 11.2. The van der Waals surface area contributed by atoms with Gasteiger partial charge in [-0.25, -0.2) is 0 Å². The zero-order chi connectivity index (χ0) is 12.8. The van der Waals surface area contributed by atoms with E-state index in [0.717, 1.165) is 29.9 Å². The van der Waals surface area contributed by atoms with E-state index < -0.39 is 0 Å². The predicted molar refractivity (Wildman–Crippen MR) is 70.5 cm³/mol. The van der Waals surface area contributed by atoms with Gasteiger partial charge in [-0.3, -0.25) is 0 Å². The first-order chi connectivity index (χ1) is 8.08. The molecular weight excluding hydrogens is 214 g/mol. The molecule has 0 aromatic heterocycles. The van der Waals surface area contributed by atoms with Crippen molar-refractivity contribution in [3.63, 3.8) is 0 Å². The molecule has 96 valence electrons. The average Bonchev–Trinajstić information content (AvgIpc) is 2.34. The van der Waals surface area contributed by atoms with E-state index in [4.69, 9.17) is 15.2 Å². The highest BCUT2D eigenvalue weighted by molar-refractivity contribution is 5.43. The Morgan fingerprint density at radius 1 is 1.06 bits per heavy atom. The van der Waals surface area contributed by atoms with Crippen LogP contribution in [0.5, 0.6) is 11.5 Å². The van der Waals surface area contributed by atoms with Crippen molar-refractivity contribution >= 4 is 0 Å². The topological polar surface area (TPSA) is 44.5 Å². The van der Waals surface area contributed by atoms with Crippen LogP contribution in [-0.2, 0) is 0 Å². The van der Waals surface area contributed by atoms with E-state index in [1.807, 2.05) is 18.2 Å². The van der Waals surface area contributed by atoms with Gasteiger partial charge < -0.3 is 15.2 Å². The molecule has 0 bridgehead atoms. The van der Waals surface area contributed by atoms with E-state index in [1.165, 1.54) is 0 Å². The minimum atomic E-state index is 0.0669. The van der Waals surface area contributed by atoms with E-state index in [2.05, 4.69) is 13.8 Å². The van der Waals surface area contributed by atoms with Crippen molar-refractivity contribution in [1.29, 1.82) is 0 Å². The summed E-state index contributed by atoms with van der Waals surface area (Å²) in [5.41, 5.74) is 7.26. The van der Waals surface area contributed by atoms with Crippen LogP contribution in [0.2, 0.25) is 0 Å². The van der Waals surface area contributed by atoms with Crippen molar-refractivity contribution in [1.82, 2.24) is 0 Å². The first kappa shape index (κ1) is 13.8. The van der Waals surface area contributed by atoms with Crippen LogP contribution in [0.15, 0.2) is 18.2 Å². The number of hydrogen-bond acceptors (Lipinski definition) is 3. The number of nitrogens with two attached hydrogens (primary N) is 1. The fraction of sp³-hybridized carbons (Fsp3) is 0.571. The van der Waals surface area contributed by atoms with Gasteiger partial charge in [-0.15, -0.1) is 0 Å². The van der Waals surface area contributed by atoms with Gasteiger partial charge >= 0.3 is 0 Å². The lowest BCUT2D eigenvalue weighted by Gasteiger charge is -2.15. The van der Waals surface area contributed by atoms with Crippen molar-refractivity contribution < 1.29 is 9.47 Å². The lowest BCUT2D eigenvalue weighted by molar-refractivity contribution is 0.354. The van der Waals surface area contributed by atoms with Crippen LogP contribution in [0.1, 0.15) is 38.3 Å². The zero-order valence-corrected chi connectivity index (χ0v) is 11.2. The fourth-order valence-corrected chi connectivity index (χ4v) is 1.76. The van der Waals surface area contributed by atoms with Crippen LogP contribution in [0.25, 0.3) is 0 Å². The molecule has 0 aliphatic carbocycles. The standard InChI is InChI=1S/C14H23NO2/c1-10(2)5-7-12(15)11-6-8-13(16-3)14(9-11)17-4/h6,8-10,12H,5,7,15H2,1-4H3. The molecule has 1 atom stereocenters. The van der Waals surface area contributed by atoms with Crippen molar-refractivity contribution in [3.8, 4) is 11.5 Å². The van der Waals surface area contributed by atoms with Gasteiger partial charge in [0, 0.05) is 6.04 Å². The Labute approximate surface area is 104 Å². The Kier molecular flexibility index (Phi) is 5.29. The van der Waals surface area contributed by atoms with Crippen molar-refractivity contribution in [2.24, 2.45) is 11.7 Å². The van der Waals surface area contributed by atoms with Crippen molar-refractivity contribution in [2.75, 3.05) is 14.2 Å². The Morgan fingerprint density at radius 2 is 1.71 bits per heavy atom. The van der Waals surface area contributed by atoms with Crippen LogP contribution in [0.4, 0.5) is 0 Å². The summed E-state index contributed by atoms with van der Waals surface area (Å²) >= 11 is 0. The minimum absolute atomic E-state index is 0.0669. The monoisotopic (exact) mass is 237 g/mol. The van der Waals surface area contributed by atoms with Gasteiger partial charge in [-0.2, -0.15) is 0 Å². The summed E-state index contributed by atoms with van der Waals surface area (Å²) in [6, 6.07) is 5.94. The van der Waals surface area contributed by atoms with E-state index in [9.17, 15) is 0 Å². The number of benzene rings is 1. The lowest BCUT2D eigenvalue weighted by atomic mass is 9.98. The van der Waals surface area contributed by atoms with E-state index >= 15 is 0 Å². The molecule has 0 aliphatic rings. The van der Waals surface area contributed by atoms with Crippen LogP contribution >= 0.6 is 0 Å². The van der Waals surface area contributed by atoms with Crippen LogP contribution < -0.4 is 15.2 Å². The number of rotatable bonds is 6. The van der Waals surface area contributed by atoms with Gasteiger partial charge in [0.15, 0.2) is 11.5 Å². The van der Waals surface area contributed by atoms with E-state index in [-0.39, 0.29) is 6.04 Å². The molecule has 0 heterocycles. The summed E-state index contributed by atoms with van der Waals surface area (Å²) < 4.78 is 10.5. The molecule has 3 nitrogen and oxygen atoms in total. The summed E-state index contributed by atoms with van der Waals surface area (Å²) in [6.07, 6.45) is 2.13. The highest BCUT2D eigenvalue weighted by Crippen LogP contribution is 2.30. The van der Waals surface area contributed by atoms with Gasteiger partial charge in [0.05, 0.1) is 14.2 Å². The Hall–Kier alpha value is -1.22. The summed E-state index contributed by atoms with van der Waals surface area (Å²) in [4.78, 5) is 0. The molecule has 17 heavy (non-hydrogen) atoms. The molecule has 0 saturated heterocycles. The highest BCUT2D eigenvalue weighted by atomic mass is 16.5. The second-order valence-corrected chi connectivity index (χ2v) is 4.69. The maximum Gasteiger partial charge on any atom is 0.161 e. The van der Waals surface area contributed by atoms with E-state index in [1.54, 1.807) is 14.2 Å². The van der Waals surface area contributed by atoms with Gasteiger partial charge in [-0.05, 0) is 36.5 Å². The quantitative estimate of drug-likeness (QED) is 0.826. The summed E-state index contributed by atoms with van der Waals surface area (Å²) in [6.45, 7) is 4.42. The third-order valence-electron chi connectivity index (χ3n) is 2.89. The molecule has 1 aromatic rings. The summed E-state index contributed by atoms with van der Waals surface area (Å²) in [5.74, 6) is 2.17. The third kappa shape index (κ3) is 3.93. The first-order valence-corrected chi connectivity index (χ1v) is 6.06. The molecule has 0 fully saturated rings.